The Kier molecular flexibility index (Phi) is 3.30. The van der Waals surface area contributed by atoms with Crippen molar-refractivity contribution in [3.63, 3.8) is 0 Å². The number of amides is 1. The van der Waals surface area contributed by atoms with Crippen LogP contribution >= 0.6 is 11.3 Å². The maximum absolute atomic E-state index is 11.7. The van der Waals surface area contributed by atoms with Crippen LogP contribution in [0.4, 0.5) is 5.13 Å². The van der Waals surface area contributed by atoms with E-state index in [-0.39, 0.29) is 5.91 Å². The van der Waals surface area contributed by atoms with Crippen molar-refractivity contribution >= 4 is 39.4 Å². The first kappa shape index (κ1) is 12.6. The van der Waals surface area contributed by atoms with Crippen molar-refractivity contribution in [2.75, 3.05) is 5.32 Å². The van der Waals surface area contributed by atoms with Crippen molar-refractivity contribution in [2.45, 2.75) is 6.92 Å². The topological polar surface area (TPSA) is 68.0 Å². The highest BCUT2D eigenvalue weighted by atomic mass is 32.1. The predicted octanol–water partition coefficient (Wildman–Crippen LogP) is 3.24. The molecule has 1 N–H and O–H groups in total. The average molecular weight is 285 g/mol. The summed E-state index contributed by atoms with van der Waals surface area (Å²) >= 11 is 1.33. The first-order valence-corrected chi connectivity index (χ1v) is 6.80. The zero-order valence-electron chi connectivity index (χ0n) is 10.7. The maximum atomic E-state index is 11.7. The zero-order chi connectivity index (χ0) is 13.9. The van der Waals surface area contributed by atoms with Gasteiger partial charge in [0, 0.05) is 11.5 Å². The second-order valence-electron chi connectivity index (χ2n) is 4.14. The average Bonchev–Trinajstić information content (AvgIpc) is 3.02. The number of carbonyl (C=O) groups is 1. The van der Waals surface area contributed by atoms with Crippen molar-refractivity contribution in [2.24, 2.45) is 0 Å². The van der Waals surface area contributed by atoms with Gasteiger partial charge in [0.2, 0.25) is 11.0 Å². The number of para-hydroxylation sites is 1. The fraction of sp³-hybridized carbons (Fsp3) is 0.0714. The van der Waals surface area contributed by atoms with E-state index in [2.05, 4.69) is 15.5 Å². The van der Waals surface area contributed by atoms with Crippen LogP contribution in [-0.4, -0.2) is 16.1 Å². The number of fused-ring (bicyclic) bond motifs is 1. The summed E-state index contributed by atoms with van der Waals surface area (Å²) in [6, 6.07) is 9.57. The van der Waals surface area contributed by atoms with Crippen LogP contribution in [0.5, 0.6) is 0 Å². The lowest BCUT2D eigenvalue weighted by atomic mass is 10.2. The van der Waals surface area contributed by atoms with Crippen LogP contribution in [0.1, 0.15) is 10.8 Å². The number of nitrogens with zero attached hydrogens (tertiary/aromatic N) is 2. The molecule has 0 unspecified atom stereocenters. The molecule has 0 fully saturated rings. The minimum atomic E-state index is -0.262. The molecule has 0 aliphatic heterocycles. The van der Waals surface area contributed by atoms with Gasteiger partial charge in [-0.15, -0.1) is 10.2 Å². The molecule has 3 rings (SSSR count). The van der Waals surface area contributed by atoms with E-state index >= 15 is 0 Å². The number of anilines is 1. The molecule has 20 heavy (non-hydrogen) atoms. The Morgan fingerprint density at radius 3 is 2.95 bits per heavy atom. The number of nitrogens with one attached hydrogen (secondary N) is 1. The Bertz CT molecular complexity index is 755. The predicted molar refractivity (Wildman–Crippen MR) is 78.5 cm³/mol. The van der Waals surface area contributed by atoms with Gasteiger partial charge in [0.15, 0.2) is 0 Å². The third-order valence-corrected chi connectivity index (χ3v) is 3.35. The molecule has 0 bridgehead atoms. The Morgan fingerprint density at radius 1 is 1.35 bits per heavy atom. The zero-order valence-corrected chi connectivity index (χ0v) is 11.5. The molecule has 0 aliphatic rings. The molecule has 0 aliphatic carbocycles. The third-order valence-electron chi connectivity index (χ3n) is 2.60. The fourth-order valence-corrected chi connectivity index (χ4v) is 2.33. The third kappa shape index (κ3) is 2.75. The molecule has 0 saturated heterocycles. The van der Waals surface area contributed by atoms with E-state index in [1.165, 1.54) is 17.4 Å². The van der Waals surface area contributed by atoms with E-state index in [9.17, 15) is 4.79 Å². The van der Waals surface area contributed by atoms with Crippen molar-refractivity contribution in [1.82, 2.24) is 10.2 Å². The lowest BCUT2D eigenvalue weighted by Gasteiger charge is -1.93. The summed E-state index contributed by atoms with van der Waals surface area (Å²) in [5.41, 5.74) is 0.798. The largest absolute Gasteiger partial charge is 0.457 e. The number of aryl methyl sites for hydroxylation is 1. The molecule has 2 heterocycles. The first-order chi connectivity index (χ1) is 9.70. The number of carbonyl (C=O) groups excluding carboxylic acids is 1. The van der Waals surface area contributed by atoms with Crippen molar-refractivity contribution in [1.29, 1.82) is 0 Å². The smallest absolute Gasteiger partial charge is 0.250 e. The molecule has 100 valence electrons. The van der Waals surface area contributed by atoms with Crippen molar-refractivity contribution in [3.8, 4) is 0 Å². The van der Waals surface area contributed by atoms with Gasteiger partial charge in [-0.1, -0.05) is 29.5 Å². The summed E-state index contributed by atoms with van der Waals surface area (Å²) in [7, 11) is 0. The van der Waals surface area contributed by atoms with Gasteiger partial charge in [-0.25, -0.2) is 0 Å². The quantitative estimate of drug-likeness (QED) is 0.750. The monoisotopic (exact) mass is 285 g/mol. The highest BCUT2D eigenvalue weighted by Gasteiger charge is 2.04. The van der Waals surface area contributed by atoms with Gasteiger partial charge in [0.1, 0.15) is 16.4 Å². The number of hydrogen-bond donors (Lipinski definition) is 1. The van der Waals surface area contributed by atoms with E-state index in [1.54, 1.807) is 6.08 Å². The van der Waals surface area contributed by atoms with Crippen LogP contribution < -0.4 is 5.32 Å². The molecule has 1 amide bonds. The van der Waals surface area contributed by atoms with Gasteiger partial charge in [-0.3, -0.25) is 10.1 Å². The molecular weight excluding hydrogens is 274 g/mol. The SMILES string of the molecule is Cc1nnc(NC(=O)/C=C/c2cc3ccccc3o2)s1. The van der Waals surface area contributed by atoms with Crippen LogP contribution in [0, 0.1) is 6.92 Å². The molecule has 1 aromatic carbocycles. The highest BCUT2D eigenvalue weighted by molar-refractivity contribution is 7.15. The van der Waals surface area contributed by atoms with E-state index in [1.807, 2.05) is 37.3 Å². The number of hydrogen-bond acceptors (Lipinski definition) is 5. The Balaban J connectivity index is 1.71. The first-order valence-electron chi connectivity index (χ1n) is 5.98. The Hall–Kier alpha value is -2.47. The lowest BCUT2D eigenvalue weighted by molar-refractivity contribution is -0.111. The van der Waals surface area contributed by atoms with Crippen LogP contribution in [-0.2, 0) is 4.79 Å². The highest BCUT2D eigenvalue weighted by Crippen LogP contribution is 2.19. The second-order valence-corrected chi connectivity index (χ2v) is 5.32. The van der Waals surface area contributed by atoms with Gasteiger partial charge in [0.05, 0.1) is 0 Å². The summed E-state index contributed by atoms with van der Waals surface area (Å²) in [5, 5.41) is 12.6. The molecule has 2 aromatic heterocycles. The number of furan rings is 1. The normalized spacial score (nSPS) is 11.2. The van der Waals surface area contributed by atoms with Gasteiger partial charge in [-0.2, -0.15) is 0 Å². The number of aromatic nitrogens is 2. The van der Waals surface area contributed by atoms with Crippen molar-refractivity contribution < 1.29 is 9.21 Å². The molecule has 0 saturated carbocycles. The summed E-state index contributed by atoms with van der Waals surface area (Å²) in [5.74, 6) is 0.372. The van der Waals surface area contributed by atoms with Gasteiger partial charge >= 0.3 is 0 Å². The van der Waals surface area contributed by atoms with Crippen LogP contribution in [0.3, 0.4) is 0 Å². The van der Waals surface area contributed by atoms with Crippen LogP contribution in [0.25, 0.3) is 17.0 Å². The number of benzene rings is 1. The summed E-state index contributed by atoms with van der Waals surface area (Å²) in [6.07, 6.45) is 3.04. The van der Waals surface area contributed by atoms with Crippen molar-refractivity contribution in [3.05, 3.63) is 47.2 Å². The molecule has 0 radical (unpaired) electrons. The summed E-state index contributed by atoms with van der Waals surface area (Å²) in [4.78, 5) is 11.7. The van der Waals surface area contributed by atoms with E-state index in [4.69, 9.17) is 4.42 Å². The fourth-order valence-electron chi connectivity index (χ4n) is 1.74. The Morgan fingerprint density at radius 2 is 2.20 bits per heavy atom. The molecule has 6 heteroatoms. The van der Waals surface area contributed by atoms with Gasteiger partial charge in [-0.05, 0) is 25.1 Å². The van der Waals surface area contributed by atoms with Crippen LogP contribution in [0.15, 0.2) is 40.8 Å². The van der Waals surface area contributed by atoms with Gasteiger partial charge in [0.25, 0.3) is 0 Å². The minimum absolute atomic E-state index is 0.262. The molecular formula is C14H11N3O2S. The molecule has 5 nitrogen and oxygen atoms in total. The van der Waals surface area contributed by atoms with E-state index < -0.39 is 0 Å². The Labute approximate surface area is 118 Å². The molecule has 3 aromatic rings. The number of rotatable bonds is 3. The second kappa shape index (κ2) is 5.26. The lowest BCUT2D eigenvalue weighted by Crippen LogP contribution is -2.07. The molecule has 0 atom stereocenters. The molecule has 0 spiro atoms. The van der Waals surface area contributed by atoms with Gasteiger partial charge < -0.3 is 4.42 Å². The van der Waals surface area contributed by atoms with Crippen LogP contribution in [0.2, 0.25) is 0 Å². The minimum Gasteiger partial charge on any atom is -0.457 e. The van der Waals surface area contributed by atoms with E-state index in [0.29, 0.717) is 10.9 Å². The maximum Gasteiger partial charge on any atom is 0.250 e. The van der Waals surface area contributed by atoms with E-state index in [0.717, 1.165) is 16.0 Å². The summed E-state index contributed by atoms with van der Waals surface area (Å²) < 4.78 is 5.58. The standard InChI is InChI=1S/C14H11N3O2S/c1-9-16-17-14(20-9)15-13(18)7-6-11-8-10-4-2-3-5-12(10)19-11/h2-8H,1H3,(H,15,17,18)/b7-6+. The summed E-state index contributed by atoms with van der Waals surface area (Å²) in [6.45, 7) is 1.83.